The van der Waals surface area contributed by atoms with Gasteiger partial charge in [-0.15, -0.1) is 12.4 Å². The van der Waals surface area contributed by atoms with Crippen molar-refractivity contribution >= 4 is 12.4 Å². The second-order valence-electron chi connectivity index (χ2n) is 4.71. The van der Waals surface area contributed by atoms with Crippen LogP contribution in [0.3, 0.4) is 0 Å². The van der Waals surface area contributed by atoms with E-state index in [-0.39, 0.29) is 17.8 Å². The van der Waals surface area contributed by atoms with Gasteiger partial charge in [0.2, 0.25) is 5.89 Å². The summed E-state index contributed by atoms with van der Waals surface area (Å²) in [7, 11) is 0. The molecule has 2 rings (SSSR count). The number of aromatic nitrogens is 2. The van der Waals surface area contributed by atoms with Crippen molar-refractivity contribution in [3.05, 3.63) is 11.7 Å². The van der Waals surface area contributed by atoms with E-state index in [1.807, 2.05) is 6.92 Å². The Hall–Kier alpha value is -0.650. The Balaban J connectivity index is 0.00000128. The molecule has 92 valence electrons. The van der Waals surface area contributed by atoms with Crippen molar-refractivity contribution in [1.82, 2.24) is 15.0 Å². The lowest BCUT2D eigenvalue weighted by atomic mass is 9.90. The molecular weight excluding hydrogens is 228 g/mol. The van der Waals surface area contributed by atoms with Crippen LogP contribution in [-0.2, 0) is 6.54 Å². The molecule has 1 unspecified atom stereocenters. The summed E-state index contributed by atoms with van der Waals surface area (Å²) < 4.78 is 5.09. The Morgan fingerprint density at radius 1 is 1.56 bits per heavy atom. The Morgan fingerprint density at radius 2 is 2.31 bits per heavy atom. The van der Waals surface area contributed by atoms with Crippen LogP contribution < -0.4 is 5.73 Å². The third-order valence-electron chi connectivity index (χ3n) is 3.06. The van der Waals surface area contributed by atoms with E-state index in [0.29, 0.717) is 11.7 Å². The molecule has 5 nitrogen and oxygen atoms in total. The van der Waals surface area contributed by atoms with Gasteiger partial charge in [0, 0.05) is 6.54 Å². The smallest absolute Gasteiger partial charge is 0.240 e. The highest BCUT2D eigenvalue weighted by Gasteiger charge is 2.32. The molecule has 0 spiro atoms. The van der Waals surface area contributed by atoms with Gasteiger partial charge in [-0.3, -0.25) is 4.90 Å². The molecule has 0 radical (unpaired) electrons. The fourth-order valence-corrected chi connectivity index (χ4v) is 2.02. The fraction of sp³-hybridized carbons (Fsp3) is 0.800. The Kier molecular flexibility index (Phi) is 4.29. The molecule has 0 aliphatic carbocycles. The molecule has 0 bridgehead atoms. The Morgan fingerprint density at radius 3 is 2.81 bits per heavy atom. The summed E-state index contributed by atoms with van der Waals surface area (Å²) in [5.41, 5.74) is 6.01. The maximum atomic E-state index is 5.75. The second kappa shape index (κ2) is 5.12. The molecule has 6 heteroatoms. The summed E-state index contributed by atoms with van der Waals surface area (Å²) in [5, 5.41) is 3.78. The lowest BCUT2D eigenvalue weighted by Gasteiger charge is -2.21. The molecule has 0 aromatic carbocycles. The zero-order chi connectivity index (χ0) is 10.9. The summed E-state index contributed by atoms with van der Waals surface area (Å²) in [6, 6.07) is 0. The molecular formula is C10H19ClN4O. The molecule has 2 heterocycles. The molecule has 2 N–H and O–H groups in total. The third kappa shape index (κ3) is 2.93. The first kappa shape index (κ1) is 13.4. The van der Waals surface area contributed by atoms with Gasteiger partial charge in [0.1, 0.15) is 0 Å². The van der Waals surface area contributed by atoms with Crippen molar-refractivity contribution < 1.29 is 4.52 Å². The van der Waals surface area contributed by atoms with Crippen LogP contribution in [0.1, 0.15) is 25.1 Å². The number of nitrogens with two attached hydrogens (primary N) is 1. The molecule has 1 fully saturated rings. The zero-order valence-electron chi connectivity index (χ0n) is 9.77. The largest absolute Gasteiger partial charge is 0.338 e. The van der Waals surface area contributed by atoms with E-state index >= 15 is 0 Å². The first-order valence-electron chi connectivity index (χ1n) is 5.33. The normalized spacial score (nSPS) is 25.7. The van der Waals surface area contributed by atoms with Gasteiger partial charge in [-0.05, 0) is 31.8 Å². The molecule has 1 aromatic heterocycles. The fourth-order valence-electron chi connectivity index (χ4n) is 2.02. The number of aryl methyl sites for hydroxylation is 1. The molecule has 1 atom stereocenters. The van der Waals surface area contributed by atoms with E-state index in [2.05, 4.69) is 22.0 Å². The summed E-state index contributed by atoms with van der Waals surface area (Å²) in [6.07, 6.45) is 1.15. The maximum Gasteiger partial charge on any atom is 0.240 e. The van der Waals surface area contributed by atoms with Gasteiger partial charge < -0.3 is 10.3 Å². The molecule has 1 aliphatic heterocycles. The quantitative estimate of drug-likeness (QED) is 0.861. The highest BCUT2D eigenvalue weighted by atomic mass is 35.5. The van der Waals surface area contributed by atoms with Gasteiger partial charge in [-0.25, -0.2) is 0 Å². The number of nitrogens with zero attached hydrogens (tertiary/aromatic N) is 3. The van der Waals surface area contributed by atoms with Crippen LogP contribution in [0.4, 0.5) is 0 Å². The second-order valence-corrected chi connectivity index (χ2v) is 4.71. The first-order valence-corrected chi connectivity index (χ1v) is 5.33. The number of hydrogen-bond acceptors (Lipinski definition) is 5. The van der Waals surface area contributed by atoms with E-state index in [0.717, 1.165) is 32.6 Å². The van der Waals surface area contributed by atoms with Crippen molar-refractivity contribution in [2.45, 2.75) is 26.8 Å². The minimum Gasteiger partial charge on any atom is -0.338 e. The van der Waals surface area contributed by atoms with Crippen LogP contribution in [0.25, 0.3) is 0 Å². The summed E-state index contributed by atoms with van der Waals surface area (Å²) in [4.78, 5) is 6.52. The monoisotopic (exact) mass is 246 g/mol. The van der Waals surface area contributed by atoms with E-state index in [1.54, 1.807) is 0 Å². The predicted octanol–water partition coefficient (Wildman–Crippen LogP) is 0.971. The van der Waals surface area contributed by atoms with Gasteiger partial charge in [-0.1, -0.05) is 12.1 Å². The highest BCUT2D eigenvalue weighted by Crippen LogP contribution is 2.29. The van der Waals surface area contributed by atoms with Crippen molar-refractivity contribution in [3.8, 4) is 0 Å². The van der Waals surface area contributed by atoms with Crippen LogP contribution in [0, 0.1) is 12.3 Å². The van der Waals surface area contributed by atoms with E-state index in [4.69, 9.17) is 10.3 Å². The molecule has 0 amide bonds. The molecule has 16 heavy (non-hydrogen) atoms. The Labute approximate surface area is 102 Å². The predicted molar refractivity (Wildman–Crippen MR) is 63.3 cm³/mol. The standard InChI is InChI=1S/C10H18N4O.ClH/c1-8-12-9(15-13-8)5-14-4-3-10(2,6-11)7-14;/h3-7,11H2,1-2H3;1H. The number of halogens is 1. The van der Waals surface area contributed by atoms with Crippen LogP contribution in [0.2, 0.25) is 0 Å². The van der Waals surface area contributed by atoms with Crippen molar-refractivity contribution in [3.63, 3.8) is 0 Å². The molecule has 1 aliphatic rings. The molecule has 1 aromatic rings. The third-order valence-corrected chi connectivity index (χ3v) is 3.06. The van der Waals surface area contributed by atoms with E-state index in [9.17, 15) is 0 Å². The SMILES string of the molecule is Cc1noc(CN2CCC(C)(CN)C2)n1.Cl. The minimum atomic E-state index is 0. The maximum absolute atomic E-state index is 5.75. The minimum absolute atomic E-state index is 0. The first-order chi connectivity index (χ1) is 7.11. The lowest BCUT2D eigenvalue weighted by Crippen LogP contribution is -2.31. The lowest BCUT2D eigenvalue weighted by molar-refractivity contribution is 0.239. The van der Waals surface area contributed by atoms with Crippen molar-refractivity contribution in [1.29, 1.82) is 0 Å². The number of rotatable bonds is 3. The molecule has 1 saturated heterocycles. The van der Waals surface area contributed by atoms with Gasteiger partial charge >= 0.3 is 0 Å². The summed E-state index contributed by atoms with van der Waals surface area (Å²) in [6.45, 7) is 7.63. The Bertz CT molecular complexity index is 343. The van der Waals surface area contributed by atoms with Crippen LogP contribution in [0.5, 0.6) is 0 Å². The number of hydrogen-bond donors (Lipinski definition) is 1. The summed E-state index contributed by atoms with van der Waals surface area (Å²) in [5.74, 6) is 1.40. The van der Waals surface area contributed by atoms with Gasteiger partial charge in [0.15, 0.2) is 5.82 Å². The van der Waals surface area contributed by atoms with Crippen LogP contribution >= 0.6 is 12.4 Å². The average Bonchev–Trinajstić information content (AvgIpc) is 2.76. The highest BCUT2D eigenvalue weighted by molar-refractivity contribution is 5.85. The number of likely N-dealkylation sites (tertiary alicyclic amines) is 1. The zero-order valence-corrected chi connectivity index (χ0v) is 10.6. The average molecular weight is 247 g/mol. The van der Waals surface area contributed by atoms with E-state index < -0.39 is 0 Å². The van der Waals surface area contributed by atoms with Crippen molar-refractivity contribution in [2.75, 3.05) is 19.6 Å². The van der Waals surface area contributed by atoms with Gasteiger partial charge in [0.05, 0.1) is 6.54 Å². The van der Waals surface area contributed by atoms with E-state index in [1.165, 1.54) is 0 Å². The van der Waals surface area contributed by atoms with Crippen LogP contribution in [0.15, 0.2) is 4.52 Å². The molecule has 0 saturated carbocycles. The topological polar surface area (TPSA) is 68.2 Å². The van der Waals surface area contributed by atoms with Gasteiger partial charge in [-0.2, -0.15) is 4.98 Å². The van der Waals surface area contributed by atoms with Crippen molar-refractivity contribution in [2.24, 2.45) is 11.1 Å². The van der Waals surface area contributed by atoms with Crippen LogP contribution in [-0.4, -0.2) is 34.7 Å². The summed E-state index contributed by atoms with van der Waals surface area (Å²) >= 11 is 0. The van der Waals surface area contributed by atoms with Gasteiger partial charge in [0.25, 0.3) is 0 Å².